The Labute approximate surface area is 100.0 Å². The average molecular weight is 232 g/mol. The molecule has 1 heterocycles. The van der Waals surface area contributed by atoms with Crippen LogP contribution >= 0.6 is 0 Å². The van der Waals surface area contributed by atoms with Gasteiger partial charge in [0.1, 0.15) is 0 Å². The van der Waals surface area contributed by atoms with E-state index in [0.29, 0.717) is 6.54 Å². The largest absolute Gasteiger partial charge is 0.453 e. The Hall–Kier alpha value is -1.97. The zero-order chi connectivity index (χ0) is 12.3. The molecule has 2 rings (SSSR count). The number of benzene rings is 1. The standard InChI is InChI=1S/C13H16N2O2/c1-9-3-4-12-11(7-9)10(8-15-12)5-6-14-13(16)17-2/h3-4,7-8,15H,5-6H2,1-2H3,(H,14,16). The van der Waals surface area contributed by atoms with E-state index < -0.39 is 0 Å². The summed E-state index contributed by atoms with van der Waals surface area (Å²) in [7, 11) is 1.37. The molecule has 90 valence electrons. The molecule has 0 saturated heterocycles. The van der Waals surface area contributed by atoms with Gasteiger partial charge in [0.25, 0.3) is 0 Å². The van der Waals surface area contributed by atoms with Crippen molar-refractivity contribution in [3.05, 3.63) is 35.5 Å². The van der Waals surface area contributed by atoms with Crippen LogP contribution < -0.4 is 5.32 Å². The van der Waals surface area contributed by atoms with Gasteiger partial charge in [-0.1, -0.05) is 11.6 Å². The number of methoxy groups -OCH3 is 1. The first-order chi connectivity index (χ1) is 8.20. The SMILES string of the molecule is COC(=O)NCCc1c[nH]c2ccc(C)cc12. The fourth-order valence-corrected chi connectivity index (χ4v) is 1.87. The first-order valence-corrected chi connectivity index (χ1v) is 5.59. The molecule has 17 heavy (non-hydrogen) atoms. The Morgan fingerprint density at radius 1 is 1.47 bits per heavy atom. The van der Waals surface area contributed by atoms with Gasteiger partial charge in [-0.2, -0.15) is 0 Å². The average Bonchev–Trinajstić information content (AvgIpc) is 2.72. The summed E-state index contributed by atoms with van der Waals surface area (Å²) in [5.74, 6) is 0. The number of alkyl carbamates (subject to hydrolysis) is 1. The Balaban J connectivity index is 2.08. The summed E-state index contributed by atoms with van der Waals surface area (Å²) < 4.78 is 4.52. The number of carbonyl (C=O) groups is 1. The van der Waals surface area contributed by atoms with Gasteiger partial charge in [0.05, 0.1) is 7.11 Å². The second-order valence-corrected chi connectivity index (χ2v) is 4.03. The van der Waals surface area contributed by atoms with Crippen LogP contribution in [0.1, 0.15) is 11.1 Å². The normalized spacial score (nSPS) is 10.5. The molecule has 0 unspecified atom stereocenters. The van der Waals surface area contributed by atoms with Gasteiger partial charge in [-0.25, -0.2) is 4.79 Å². The van der Waals surface area contributed by atoms with Crippen molar-refractivity contribution in [2.75, 3.05) is 13.7 Å². The van der Waals surface area contributed by atoms with Gasteiger partial charge in [0.2, 0.25) is 0 Å². The van der Waals surface area contributed by atoms with E-state index in [1.54, 1.807) is 0 Å². The van der Waals surface area contributed by atoms with E-state index in [2.05, 4.69) is 40.2 Å². The first-order valence-electron chi connectivity index (χ1n) is 5.59. The number of fused-ring (bicyclic) bond motifs is 1. The topological polar surface area (TPSA) is 54.1 Å². The summed E-state index contributed by atoms with van der Waals surface area (Å²) in [6, 6.07) is 6.30. The number of hydrogen-bond donors (Lipinski definition) is 2. The lowest BCUT2D eigenvalue weighted by Gasteiger charge is -2.03. The predicted octanol–water partition coefficient (Wildman–Crippen LogP) is 2.37. The minimum absolute atomic E-state index is 0.388. The predicted molar refractivity (Wildman–Crippen MR) is 67.1 cm³/mol. The highest BCUT2D eigenvalue weighted by Gasteiger charge is 2.04. The van der Waals surface area contributed by atoms with Gasteiger partial charge < -0.3 is 15.0 Å². The number of aromatic amines is 1. The molecule has 0 radical (unpaired) electrons. The summed E-state index contributed by atoms with van der Waals surface area (Å²) in [6.07, 6.45) is 2.39. The Morgan fingerprint density at radius 2 is 2.29 bits per heavy atom. The number of hydrogen-bond acceptors (Lipinski definition) is 2. The molecule has 0 saturated carbocycles. The minimum Gasteiger partial charge on any atom is -0.453 e. The van der Waals surface area contributed by atoms with E-state index >= 15 is 0 Å². The van der Waals surface area contributed by atoms with E-state index in [1.165, 1.54) is 23.6 Å². The maximum Gasteiger partial charge on any atom is 0.406 e. The van der Waals surface area contributed by atoms with Gasteiger partial charge in [0.15, 0.2) is 0 Å². The van der Waals surface area contributed by atoms with Crippen LogP contribution in [0.3, 0.4) is 0 Å². The lowest BCUT2D eigenvalue weighted by molar-refractivity contribution is 0.171. The molecule has 0 bridgehead atoms. The second kappa shape index (κ2) is 4.91. The molecule has 0 spiro atoms. The van der Waals surface area contributed by atoms with Crippen LogP contribution in [0, 0.1) is 6.92 Å². The van der Waals surface area contributed by atoms with Crippen LogP contribution in [-0.2, 0) is 11.2 Å². The van der Waals surface area contributed by atoms with Crippen LogP contribution in [0.5, 0.6) is 0 Å². The summed E-state index contributed by atoms with van der Waals surface area (Å²) in [5, 5.41) is 3.89. The molecule has 0 aliphatic carbocycles. The monoisotopic (exact) mass is 232 g/mol. The van der Waals surface area contributed by atoms with E-state index in [-0.39, 0.29) is 6.09 Å². The zero-order valence-electron chi connectivity index (χ0n) is 10.0. The highest BCUT2D eigenvalue weighted by molar-refractivity contribution is 5.83. The summed E-state index contributed by atoms with van der Waals surface area (Å²) in [4.78, 5) is 14.1. The lowest BCUT2D eigenvalue weighted by Crippen LogP contribution is -2.25. The van der Waals surface area contributed by atoms with Gasteiger partial charge in [-0.05, 0) is 31.0 Å². The molecular weight excluding hydrogens is 216 g/mol. The number of carbonyl (C=O) groups excluding carboxylic acids is 1. The smallest absolute Gasteiger partial charge is 0.406 e. The first kappa shape index (κ1) is 11.5. The second-order valence-electron chi connectivity index (χ2n) is 4.03. The van der Waals surface area contributed by atoms with Crippen molar-refractivity contribution in [3.8, 4) is 0 Å². The van der Waals surface area contributed by atoms with E-state index in [0.717, 1.165) is 11.9 Å². The van der Waals surface area contributed by atoms with Crippen molar-refractivity contribution in [1.82, 2.24) is 10.3 Å². The molecule has 1 aromatic heterocycles. The maximum absolute atomic E-state index is 10.9. The fraction of sp³-hybridized carbons (Fsp3) is 0.308. The van der Waals surface area contributed by atoms with Crippen LogP contribution in [0.15, 0.2) is 24.4 Å². The molecule has 4 nitrogen and oxygen atoms in total. The molecule has 1 amide bonds. The number of H-pyrrole nitrogens is 1. The lowest BCUT2D eigenvalue weighted by atomic mass is 10.1. The fourth-order valence-electron chi connectivity index (χ4n) is 1.87. The summed E-state index contributed by atoms with van der Waals surface area (Å²) in [6.45, 7) is 2.65. The Kier molecular flexibility index (Phi) is 3.32. The van der Waals surface area contributed by atoms with Crippen LogP contribution in [-0.4, -0.2) is 24.7 Å². The van der Waals surface area contributed by atoms with E-state index in [1.807, 2.05) is 6.20 Å². The third kappa shape index (κ3) is 2.58. The van der Waals surface area contributed by atoms with Gasteiger partial charge >= 0.3 is 6.09 Å². The minimum atomic E-state index is -0.388. The van der Waals surface area contributed by atoms with Crippen LogP contribution in [0.4, 0.5) is 4.79 Å². The van der Waals surface area contributed by atoms with E-state index in [4.69, 9.17) is 0 Å². The Bertz CT molecular complexity index is 531. The number of aromatic nitrogens is 1. The molecular formula is C13H16N2O2. The molecule has 0 aliphatic rings. The molecule has 1 aromatic carbocycles. The zero-order valence-corrected chi connectivity index (χ0v) is 10.0. The maximum atomic E-state index is 10.9. The van der Waals surface area contributed by atoms with Crippen molar-refractivity contribution >= 4 is 17.0 Å². The van der Waals surface area contributed by atoms with Gasteiger partial charge in [0, 0.05) is 23.6 Å². The van der Waals surface area contributed by atoms with Gasteiger partial charge in [-0.3, -0.25) is 0 Å². The molecule has 4 heteroatoms. The summed E-state index contributed by atoms with van der Waals surface area (Å²) >= 11 is 0. The number of nitrogens with one attached hydrogen (secondary N) is 2. The van der Waals surface area contributed by atoms with E-state index in [9.17, 15) is 4.79 Å². The van der Waals surface area contributed by atoms with Crippen molar-refractivity contribution in [1.29, 1.82) is 0 Å². The highest BCUT2D eigenvalue weighted by atomic mass is 16.5. The molecule has 2 N–H and O–H groups in total. The van der Waals surface area contributed by atoms with Crippen LogP contribution in [0.25, 0.3) is 10.9 Å². The molecule has 0 fully saturated rings. The molecule has 0 atom stereocenters. The Morgan fingerprint density at radius 3 is 3.06 bits per heavy atom. The van der Waals surface area contributed by atoms with Crippen molar-refractivity contribution in [2.24, 2.45) is 0 Å². The van der Waals surface area contributed by atoms with Crippen molar-refractivity contribution < 1.29 is 9.53 Å². The number of ether oxygens (including phenoxy) is 1. The van der Waals surface area contributed by atoms with Crippen molar-refractivity contribution in [2.45, 2.75) is 13.3 Å². The third-order valence-electron chi connectivity index (χ3n) is 2.77. The van der Waals surface area contributed by atoms with Crippen molar-refractivity contribution in [3.63, 3.8) is 0 Å². The number of rotatable bonds is 3. The van der Waals surface area contributed by atoms with Gasteiger partial charge in [-0.15, -0.1) is 0 Å². The summed E-state index contributed by atoms with van der Waals surface area (Å²) in [5.41, 5.74) is 3.57. The highest BCUT2D eigenvalue weighted by Crippen LogP contribution is 2.19. The quantitative estimate of drug-likeness (QED) is 0.853. The number of amides is 1. The third-order valence-corrected chi connectivity index (χ3v) is 2.77. The molecule has 2 aromatic rings. The molecule has 0 aliphatic heterocycles. The van der Waals surface area contributed by atoms with Crippen LogP contribution in [0.2, 0.25) is 0 Å². The number of aryl methyl sites for hydroxylation is 1.